The smallest absolute Gasteiger partial charge is 0.337 e. The zero-order chi connectivity index (χ0) is 26.7. The van der Waals surface area contributed by atoms with Gasteiger partial charge in [-0.25, -0.2) is 4.79 Å². The van der Waals surface area contributed by atoms with Gasteiger partial charge in [0.15, 0.2) is 11.5 Å². The Kier molecular flexibility index (Phi) is 5.33. The number of aromatic amines is 1. The van der Waals surface area contributed by atoms with Crippen LogP contribution in [-0.2, 0) is 27.3 Å². The molecule has 2 amide bonds. The van der Waals surface area contributed by atoms with Gasteiger partial charge in [-0.1, -0.05) is 36.4 Å². The van der Waals surface area contributed by atoms with Crippen molar-refractivity contribution in [2.45, 2.75) is 25.0 Å². The number of esters is 1. The van der Waals surface area contributed by atoms with Crippen LogP contribution in [0.1, 0.15) is 38.8 Å². The largest absolute Gasteiger partial charge is 0.465 e. The Hall–Kier alpha value is -4.79. The molecule has 4 aromatic rings. The van der Waals surface area contributed by atoms with Crippen molar-refractivity contribution in [2.24, 2.45) is 0 Å². The number of piperazine rings is 1. The number of nitrogens with one attached hydrogen (secondary N) is 1. The van der Waals surface area contributed by atoms with Crippen molar-refractivity contribution in [3.8, 4) is 11.5 Å². The Bertz CT molecular complexity index is 1640. The van der Waals surface area contributed by atoms with Crippen LogP contribution >= 0.6 is 0 Å². The number of hydrogen-bond donors (Lipinski definition) is 1. The minimum absolute atomic E-state index is 0.0317. The lowest BCUT2D eigenvalue weighted by molar-refractivity contribution is -0.159. The molecule has 2 atom stereocenters. The van der Waals surface area contributed by atoms with Crippen molar-refractivity contribution in [3.63, 3.8) is 0 Å². The van der Waals surface area contributed by atoms with E-state index in [2.05, 4.69) is 4.98 Å². The summed E-state index contributed by atoms with van der Waals surface area (Å²) in [4.78, 5) is 46.7. The fourth-order valence-corrected chi connectivity index (χ4v) is 5.98. The number of hydrogen-bond acceptors (Lipinski definition) is 6. The van der Waals surface area contributed by atoms with Crippen LogP contribution in [0.2, 0.25) is 0 Å². The van der Waals surface area contributed by atoms with E-state index in [1.807, 2.05) is 54.6 Å². The van der Waals surface area contributed by atoms with Gasteiger partial charge in [0.2, 0.25) is 18.6 Å². The number of methoxy groups -OCH3 is 1. The number of carbonyl (C=O) groups excluding carboxylic acids is 3. The summed E-state index contributed by atoms with van der Waals surface area (Å²) in [5, 5.41) is 1.04. The van der Waals surface area contributed by atoms with Crippen LogP contribution in [0.4, 0.5) is 0 Å². The molecule has 0 saturated carbocycles. The highest BCUT2D eigenvalue weighted by molar-refractivity contribution is 5.97. The summed E-state index contributed by atoms with van der Waals surface area (Å²) >= 11 is 0. The first kappa shape index (κ1) is 23.3. The second-order valence-electron chi connectivity index (χ2n) is 9.98. The topological polar surface area (TPSA) is 101 Å². The molecule has 9 heteroatoms. The molecule has 3 aliphatic rings. The Morgan fingerprint density at radius 3 is 2.64 bits per heavy atom. The molecular weight excluding hydrogens is 498 g/mol. The number of para-hydroxylation sites is 1. The van der Waals surface area contributed by atoms with Crippen LogP contribution in [0, 0.1) is 0 Å². The molecule has 1 aromatic heterocycles. The minimum Gasteiger partial charge on any atom is -0.465 e. The van der Waals surface area contributed by atoms with Crippen LogP contribution in [0.5, 0.6) is 11.5 Å². The van der Waals surface area contributed by atoms with E-state index in [4.69, 9.17) is 14.2 Å². The molecule has 1 N–H and O–H groups in total. The van der Waals surface area contributed by atoms with Gasteiger partial charge in [-0.15, -0.1) is 0 Å². The first-order valence-corrected chi connectivity index (χ1v) is 12.8. The van der Waals surface area contributed by atoms with Gasteiger partial charge in [-0.3, -0.25) is 9.59 Å². The SMILES string of the molecule is COC(=O)c1ccc([C@@H]2c3[nH]c4ccccc4c3C[C@H]3C(=O)N(Cc4ccc5c(c4)OCO5)CC(=O)N23)cc1. The minimum atomic E-state index is -0.655. The van der Waals surface area contributed by atoms with Gasteiger partial charge in [0, 0.05) is 29.6 Å². The zero-order valence-corrected chi connectivity index (χ0v) is 21.2. The summed E-state index contributed by atoms with van der Waals surface area (Å²) in [7, 11) is 1.34. The number of H-pyrrole nitrogens is 1. The summed E-state index contributed by atoms with van der Waals surface area (Å²) in [6.45, 7) is 0.437. The van der Waals surface area contributed by atoms with Gasteiger partial charge >= 0.3 is 5.97 Å². The third-order valence-corrected chi connectivity index (χ3v) is 7.80. The van der Waals surface area contributed by atoms with E-state index in [0.29, 0.717) is 30.0 Å². The third-order valence-electron chi connectivity index (χ3n) is 7.80. The normalized spacial score (nSPS) is 19.7. The number of benzene rings is 3. The Morgan fingerprint density at radius 2 is 1.82 bits per heavy atom. The van der Waals surface area contributed by atoms with Gasteiger partial charge in [0.05, 0.1) is 18.7 Å². The number of carbonyl (C=O) groups is 3. The van der Waals surface area contributed by atoms with Gasteiger partial charge in [-0.2, -0.15) is 0 Å². The van der Waals surface area contributed by atoms with Crippen LogP contribution < -0.4 is 9.47 Å². The van der Waals surface area contributed by atoms with Gasteiger partial charge in [-0.05, 0) is 47.0 Å². The van der Waals surface area contributed by atoms with Crippen molar-refractivity contribution in [2.75, 3.05) is 20.4 Å². The van der Waals surface area contributed by atoms with E-state index in [1.54, 1.807) is 21.9 Å². The first-order chi connectivity index (χ1) is 19.0. The van der Waals surface area contributed by atoms with Crippen LogP contribution in [0.3, 0.4) is 0 Å². The van der Waals surface area contributed by atoms with Gasteiger partial charge < -0.3 is 29.0 Å². The maximum atomic E-state index is 14.0. The van der Waals surface area contributed by atoms with Crippen molar-refractivity contribution >= 4 is 28.7 Å². The van der Waals surface area contributed by atoms with E-state index in [9.17, 15) is 14.4 Å². The number of amides is 2. The molecule has 4 heterocycles. The van der Waals surface area contributed by atoms with Crippen LogP contribution in [-0.4, -0.2) is 59.1 Å². The molecule has 196 valence electrons. The van der Waals surface area contributed by atoms with Gasteiger partial charge in [0.1, 0.15) is 12.6 Å². The molecule has 0 spiro atoms. The molecule has 0 radical (unpaired) electrons. The first-order valence-electron chi connectivity index (χ1n) is 12.8. The Balaban J connectivity index is 1.28. The van der Waals surface area contributed by atoms with Gasteiger partial charge in [0.25, 0.3) is 0 Å². The highest BCUT2D eigenvalue weighted by atomic mass is 16.7. The third kappa shape index (κ3) is 3.72. The monoisotopic (exact) mass is 523 g/mol. The maximum Gasteiger partial charge on any atom is 0.337 e. The van der Waals surface area contributed by atoms with Crippen molar-refractivity contribution in [3.05, 3.63) is 94.7 Å². The lowest BCUT2D eigenvalue weighted by atomic mass is 9.86. The van der Waals surface area contributed by atoms with Crippen molar-refractivity contribution in [1.29, 1.82) is 0 Å². The fraction of sp³-hybridized carbons (Fsp3) is 0.233. The molecule has 9 nitrogen and oxygen atoms in total. The highest BCUT2D eigenvalue weighted by Crippen LogP contribution is 2.43. The second kappa shape index (κ2) is 8.90. The maximum absolute atomic E-state index is 14.0. The second-order valence-corrected chi connectivity index (χ2v) is 9.98. The molecule has 0 aliphatic carbocycles. The summed E-state index contributed by atoms with van der Waals surface area (Å²) in [5.41, 5.74) is 4.97. The molecule has 39 heavy (non-hydrogen) atoms. The van der Waals surface area contributed by atoms with E-state index in [1.165, 1.54) is 7.11 Å². The number of nitrogens with zero attached hydrogens (tertiary/aromatic N) is 2. The lowest BCUT2D eigenvalue weighted by Crippen LogP contribution is -2.62. The predicted molar refractivity (Wildman–Crippen MR) is 140 cm³/mol. The van der Waals surface area contributed by atoms with Crippen molar-refractivity contribution < 1.29 is 28.6 Å². The van der Waals surface area contributed by atoms with E-state index >= 15 is 0 Å². The molecule has 1 saturated heterocycles. The zero-order valence-electron chi connectivity index (χ0n) is 21.2. The molecular formula is C30H25N3O6. The number of fused-ring (bicyclic) bond motifs is 5. The summed E-state index contributed by atoms with van der Waals surface area (Å²) in [6.07, 6.45) is 0.415. The average Bonchev–Trinajstić information content (AvgIpc) is 3.58. The molecule has 3 aromatic carbocycles. The summed E-state index contributed by atoms with van der Waals surface area (Å²) in [6, 6.07) is 19.4. The molecule has 0 unspecified atom stereocenters. The lowest BCUT2D eigenvalue weighted by Gasteiger charge is -2.47. The highest BCUT2D eigenvalue weighted by Gasteiger charge is 2.48. The van der Waals surface area contributed by atoms with E-state index < -0.39 is 18.1 Å². The number of ether oxygens (including phenoxy) is 3. The quantitative estimate of drug-likeness (QED) is 0.411. The molecule has 1 fully saturated rings. The molecule has 0 bridgehead atoms. The van der Waals surface area contributed by atoms with Crippen molar-refractivity contribution in [1.82, 2.24) is 14.8 Å². The van der Waals surface area contributed by atoms with Crippen LogP contribution in [0.15, 0.2) is 66.7 Å². The summed E-state index contributed by atoms with van der Waals surface area (Å²) in [5.74, 6) is 0.650. The predicted octanol–water partition coefficient (Wildman–Crippen LogP) is 3.57. The number of aromatic nitrogens is 1. The number of rotatable bonds is 4. The summed E-state index contributed by atoms with van der Waals surface area (Å²) < 4.78 is 15.7. The van der Waals surface area contributed by atoms with E-state index in [0.717, 1.165) is 33.3 Å². The van der Waals surface area contributed by atoms with E-state index in [-0.39, 0.29) is 25.2 Å². The average molecular weight is 524 g/mol. The molecule has 7 rings (SSSR count). The fourth-order valence-electron chi connectivity index (χ4n) is 5.98. The Morgan fingerprint density at radius 1 is 1.03 bits per heavy atom. The van der Waals surface area contributed by atoms with Crippen LogP contribution in [0.25, 0.3) is 10.9 Å². The standard InChI is InChI=1S/C30H25N3O6/c1-37-30(36)19-9-7-18(8-10-19)28-27-21(20-4-2-3-5-22(20)31-27)13-23-29(35)32(15-26(34)33(23)28)14-17-6-11-24-25(12-17)39-16-38-24/h2-12,23,28,31H,13-16H2,1H3/t23-,28+/m0/s1. The molecule has 3 aliphatic heterocycles. The Labute approximate surface area is 223 Å².